The minimum absolute atomic E-state index is 0.00474. The van der Waals surface area contributed by atoms with Crippen molar-refractivity contribution in [1.82, 2.24) is 10.2 Å². The van der Waals surface area contributed by atoms with E-state index >= 15 is 0 Å². The summed E-state index contributed by atoms with van der Waals surface area (Å²) in [5, 5.41) is 2.96. The van der Waals surface area contributed by atoms with Crippen LogP contribution in [0.25, 0.3) is 0 Å². The summed E-state index contributed by atoms with van der Waals surface area (Å²) < 4.78 is 38.7. The minimum Gasteiger partial charge on any atom is -0.355 e. The lowest BCUT2D eigenvalue weighted by Gasteiger charge is -2.32. The summed E-state index contributed by atoms with van der Waals surface area (Å²) in [7, 11) is 0. The number of alkyl halides is 3. The van der Waals surface area contributed by atoms with Crippen molar-refractivity contribution in [3.8, 4) is 0 Å². The van der Waals surface area contributed by atoms with Crippen LogP contribution < -0.4 is 5.32 Å². The molecular weight excluding hydrogens is 381 g/mol. The summed E-state index contributed by atoms with van der Waals surface area (Å²) in [4.78, 5) is 26.7. The molecule has 1 unspecified atom stereocenters. The number of amides is 2. The Labute approximate surface area is 169 Å². The number of carbonyl (C=O) groups excluding carboxylic acids is 2. The molecule has 1 heterocycles. The standard InChI is InChI=1S/C22H27F3N2O2/c23-22(24,25)19-10-4-8-17(14-19)21(29)27-13-5-9-18(15-27)20(28)26-12-11-16-6-2-1-3-7-16/h4,6,8,10,14,18H,1-3,5,7,9,11-13,15H2,(H,26,28). The quantitative estimate of drug-likeness (QED) is 0.726. The molecule has 2 amide bonds. The van der Waals surface area contributed by atoms with Crippen LogP contribution in [-0.4, -0.2) is 36.3 Å². The molecule has 4 nitrogen and oxygen atoms in total. The van der Waals surface area contributed by atoms with Gasteiger partial charge in [0, 0.05) is 25.2 Å². The van der Waals surface area contributed by atoms with E-state index in [1.54, 1.807) is 0 Å². The van der Waals surface area contributed by atoms with Crippen molar-refractivity contribution in [2.45, 2.75) is 51.1 Å². The van der Waals surface area contributed by atoms with Gasteiger partial charge in [-0.3, -0.25) is 9.59 Å². The molecule has 3 rings (SSSR count). The number of benzene rings is 1. The van der Waals surface area contributed by atoms with Gasteiger partial charge in [0.15, 0.2) is 0 Å². The predicted octanol–water partition coefficient (Wildman–Crippen LogP) is 4.56. The Bertz CT molecular complexity index is 774. The maximum absolute atomic E-state index is 12.9. The molecule has 1 saturated heterocycles. The summed E-state index contributed by atoms with van der Waals surface area (Å²) in [6, 6.07) is 4.46. The number of hydrogen-bond donors (Lipinski definition) is 1. The maximum Gasteiger partial charge on any atom is 0.416 e. The van der Waals surface area contributed by atoms with Crippen LogP contribution in [0.5, 0.6) is 0 Å². The van der Waals surface area contributed by atoms with E-state index in [9.17, 15) is 22.8 Å². The van der Waals surface area contributed by atoms with Crippen LogP contribution in [0.15, 0.2) is 35.9 Å². The van der Waals surface area contributed by atoms with Crippen LogP contribution in [0.2, 0.25) is 0 Å². The van der Waals surface area contributed by atoms with E-state index in [1.807, 2.05) is 0 Å². The summed E-state index contributed by atoms with van der Waals surface area (Å²) in [5.41, 5.74) is 0.554. The van der Waals surface area contributed by atoms with Gasteiger partial charge >= 0.3 is 6.18 Å². The number of halogens is 3. The van der Waals surface area contributed by atoms with E-state index in [1.165, 1.54) is 35.4 Å². The normalized spacial score (nSPS) is 20.2. The topological polar surface area (TPSA) is 49.4 Å². The van der Waals surface area contributed by atoms with E-state index in [0.29, 0.717) is 25.9 Å². The highest BCUT2D eigenvalue weighted by Gasteiger charge is 2.33. The highest BCUT2D eigenvalue weighted by Crippen LogP contribution is 2.30. The fourth-order valence-corrected chi connectivity index (χ4v) is 4.01. The smallest absolute Gasteiger partial charge is 0.355 e. The van der Waals surface area contributed by atoms with Crippen LogP contribution in [0.1, 0.15) is 60.9 Å². The summed E-state index contributed by atoms with van der Waals surface area (Å²) >= 11 is 0. The van der Waals surface area contributed by atoms with Crippen molar-refractivity contribution in [2.24, 2.45) is 5.92 Å². The Hall–Kier alpha value is -2.31. The third-order valence-corrected chi connectivity index (χ3v) is 5.65. The second kappa shape index (κ2) is 9.46. The Morgan fingerprint density at radius 2 is 2.00 bits per heavy atom. The lowest BCUT2D eigenvalue weighted by atomic mass is 9.95. The highest BCUT2D eigenvalue weighted by molar-refractivity contribution is 5.95. The molecule has 7 heteroatoms. The number of carbonyl (C=O) groups is 2. The van der Waals surface area contributed by atoms with E-state index < -0.39 is 17.6 Å². The van der Waals surface area contributed by atoms with Crippen LogP contribution in [0.4, 0.5) is 13.2 Å². The van der Waals surface area contributed by atoms with Gasteiger partial charge in [-0.25, -0.2) is 0 Å². The van der Waals surface area contributed by atoms with Crippen molar-refractivity contribution >= 4 is 11.8 Å². The lowest BCUT2D eigenvalue weighted by Crippen LogP contribution is -2.45. The zero-order chi connectivity index (χ0) is 20.9. The molecule has 1 aliphatic heterocycles. The van der Waals surface area contributed by atoms with Crippen molar-refractivity contribution in [3.63, 3.8) is 0 Å². The number of likely N-dealkylation sites (tertiary alicyclic amines) is 1. The first-order valence-electron chi connectivity index (χ1n) is 10.3. The molecule has 2 aliphatic rings. The van der Waals surface area contributed by atoms with Gasteiger partial charge < -0.3 is 10.2 Å². The third kappa shape index (κ3) is 5.84. The Morgan fingerprint density at radius 1 is 1.17 bits per heavy atom. The van der Waals surface area contributed by atoms with Gasteiger partial charge in [-0.05, 0) is 63.1 Å². The molecule has 0 saturated carbocycles. The maximum atomic E-state index is 12.9. The Morgan fingerprint density at radius 3 is 2.72 bits per heavy atom. The fourth-order valence-electron chi connectivity index (χ4n) is 4.01. The summed E-state index contributed by atoms with van der Waals surface area (Å²) in [5.74, 6) is -0.859. The second-order valence-corrected chi connectivity index (χ2v) is 7.82. The van der Waals surface area contributed by atoms with Gasteiger partial charge in [-0.1, -0.05) is 17.7 Å². The van der Waals surface area contributed by atoms with Crippen molar-refractivity contribution in [2.75, 3.05) is 19.6 Å². The highest BCUT2D eigenvalue weighted by atomic mass is 19.4. The SMILES string of the molecule is O=C(NCCC1=CCCCC1)C1CCCN(C(=O)c2cccc(C(F)(F)F)c2)C1. The molecular formula is C22H27F3N2O2. The average Bonchev–Trinajstić information content (AvgIpc) is 2.73. The molecule has 0 aromatic heterocycles. The molecule has 29 heavy (non-hydrogen) atoms. The minimum atomic E-state index is -4.49. The molecule has 1 fully saturated rings. The van der Waals surface area contributed by atoms with E-state index in [2.05, 4.69) is 11.4 Å². The van der Waals surface area contributed by atoms with Crippen LogP contribution >= 0.6 is 0 Å². The first-order valence-corrected chi connectivity index (χ1v) is 10.3. The van der Waals surface area contributed by atoms with Crippen LogP contribution in [-0.2, 0) is 11.0 Å². The second-order valence-electron chi connectivity index (χ2n) is 7.82. The van der Waals surface area contributed by atoms with Gasteiger partial charge in [-0.2, -0.15) is 13.2 Å². The summed E-state index contributed by atoms with van der Waals surface area (Å²) in [6.07, 6.45) is 4.60. The first kappa shape index (κ1) is 21.4. The zero-order valence-electron chi connectivity index (χ0n) is 16.4. The molecule has 1 aromatic carbocycles. The van der Waals surface area contributed by atoms with Crippen LogP contribution in [0.3, 0.4) is 0 Å². The van der Waals surface area contributed by atoms with Gasteiger partial charge in [0.2, 0.25) is 5.91 Å². The van der Waals surface area contributed by atoms with Crippen molar-refractivity contribution < 1.29 is 22.8 Å². The number of nitrogens with zero attached hydrogens (tertiary/aromatic N) is 1. The summed E-state index contributed by atoms with van der Waals surface area (Å²) in [6.45, 7) is 1.28. The largest absolute Gasteiger partial charge is 0.416 e. The Kier molecular flexibility index (Phi) is 6.98. The molecule has 1 aliphatic carbocycles. The number of allylic oxidation sites excluding steroid dienone is 1. The molecule has 0 bridgehead atoms. The molecule has 0 spiro atoms. The number of hydrogen-bond acceptors (Lipinski definition) is 2. The van der Waals surface area contributed by atoms with Crippen molar-refractivity contribution in [1.29, 1.82) is 0 Å². The molecule has 1 atom stereocenters. The molecule has 158 valence electrons. The molecule has 1 N–H and O–H groups in total. The zero-order valence-corrected chi connectivity index (χ0v) is 16.4. The van der Waals surface area contributed by atoms with Gasteiger partial charge in [0.1, 0.15) is 0 Å². The third-order valence-electron chi connectivity index (χ3n) is 5.65. The number of nitrogens with one attached hydrogen (secondary N) is 1. The lowest BCUT2D eigenvalue weighted by molar-refractivity contribution is -0.137. The van der Waals surface area contributed by atoms with E-state index in [-0.39, 0.29) is 23.9 Å². The number of piperidine rings is 1. The van der Waals surface area contributed by atoms with Crippen LogP contribution in [0, 0.1) is 5.92 Å². The monoisotopic (exact) mass is 408 g/mol. The van der Waals surface area contributed by atoms with Gasteiger partial charge in [0.05, 0.1) is 11.5 Å². The average molecular weight is 408 g/mol. The Balaban J connectivity index is 1.55. The molecule has 0 radical (unpaired) electrons. The van der Waals surface area contributed by atoms with E-state index in [4.69, 9.17) is 0 Å². The molecule has 1 aromatic rings. The van der Waals surface area contributed by atoms with Gasteiger partial charge in [-0.15, -0.1) is 0 Å². The predicted molar refractivity (Wildman–Crippen MR) is 104 cm³/mol. The first-order chi connectivity index (χ1) is 13.8. The van der Waals surface area contributed by atoms with Gasteiger partial charge in [0.25, 0.3) is 5.91 Å². The van der Waals surface area contributed by atoms with E-state index in [0.717, 1.165) is 31.4 Å². The number of rotatable bonds is 5. The fraction of sp³-hybridized carbons (Fsp3) is 0.545. The van der Waals surface area contributed by atoms with Crippen molar-refractivity contribution in [3.05, 3.63) is 47.0 Å².